The van der Waals surface area contributed by atoms with Crippen molar-refractivity contribution in [3.8, 4) is 0 Å². The largest absolute Gasteiger partial charge is 0.381 e. The van der Waals surface area contributed by atoms with Gasteiger partial charge in [-0.25, -0.2) is 31.9 Å². The summed E-state index contributed by atoms with van der Waals surface area (Å²) < 4.78 is 82.7. The summed E-state index contributed by atoms with van der Waals surface area (Å²) in [7, 11) is 0. The highest BCUT2D eigenvalue weighted by Gasteiger charge is 2.54. The maximum atomic E-state index is 16.4. The van der Waals surface area contributed by atoms with Crippen LogP contribution in [0.4, 0.5) is 27.8 Å². The first-order valence-corrected chi connectivity index (χ1v) is 14.3. The van der Waals surface area contributed by atoms with Gasteiger partial charge < -0.3 is 24.5 Å². The summed E-state index contributed by atoms with van der Waals surface area (Å²) in [4.78, 5) is 26.7. The fourth-order valence-electron chi connectivity index (χ4n) is 6.68. The maximum absolute atomic E-state index is 16.4. The molecule has 228 valence electrons. The molecule has 0 bridgehead atoms. The molecular formula is C29H29F5N6O3. The van der Waals surface area contributed by atoms with E-state index in [0.717, 1.165) is 4.90 Å². The second kappa shape index (κ2) is 10.1. The molecule has 1 saturated carbocycles. The van der Waals surface area contributed by atoms with Crippen LogP contribution in [0.2, 0.25) is 0 Å². The van der Waals surface area contributed by atoms with Crippen LogP contribution in [0, 0.1) is 11.7 Å². The molecule has 2 saturated heterocycles. The van der Waals surface area contributed by atoms with Gasteiger partial charge in [0, 0.05) is 37.8 Å². The fraction of sp³-hybridized carbons (Fsp3) is 0.517. The van der Waals surface area contributed by atoms with Crippen LogP contribution in [-0.2, 0) is 14.9 Å². The first-order chi connectivity index (χ1) is 20.6. The highest BCUT2D eigenvalue weighted by molar-refractivity contribution is 5.91. The van der Waals surface area contributed by atoms with E-state index >= 15 is 4.39 Å². The number of likely N-dealkylation sites (tertiary alicyclic amines) is 1. The van der Waals surface area contributed by atoms with Gasteiger partial charge >= 0.3 is 0 Å². The van der Waals surface area contributed by atoms with Crippen LogP contribution >= 0.6 is 0 Å². The molecule has 7 rings (SSSR count). The molecule has 1 atom stereocenters. The molecule has 5 heterocycles. The van der Waals surface area contributed by atoms with Gasteiger partial charge in [0.25, 0.3) is 5.92 Å². The number of imidazole rings is 1. The van der Waals surface area contributed by atoms with Gasteiger partial charge in [-0.2, -0.15) is 0 Å². The van der Waals surface area contributed by atoms with Gasteiger partial charge in [-0.15, -0.1) is 0 Å². The van der Waals surface area contributed by atoms with E-state index in [4.69, 9.17) is 9.26 Å². The average Bonchev–Trinajstić information content (AvgIpc) is 3.60. The molecule has 43 heavy (non-hydrogen) atoms. The molecule has 1 aromatic carbocycles. The standard InChI is InChI=1S/C29H29F5N6O3/c30-20-17(27(9-12-42-13-10-27)26(41)40-14-29(33,34)15-40)3-4-18-22(20)38-24(36-18)21(16-5-7-28(31,32)8-6-16)37-25-23-19(43-39-25)2-1-11-35-23/h1-4,11,16,21H,5-10,12-15H2,(H,36,38)(H,37,39)/t21-/m0/s1. The molecule has 1 aliphatic carbocycles. The lowest BCUT2D eigenvalue weighted by Gasteiger charge is -2.46. The van der Waals surface area contributed by atoms with Gasteiger partial charge in [0.1, 0.15) is 11.3 Å². The fourth-order valence-corrected chi connectivity index (χ4v) is 6.68. The number of hydrogen-bond donors (Lipinski definition) is 2. The number of ether oxygens (including phenoxy) is 1. The van der Waals surface area contributed by atoms with E-state index in [1.807, 2.05) is 0 Å². The number of aromatic amines is 1. The van der Waals surface area contributed by atoms with E-state index in [-0.39, 0.29) is 68.7 Å². The van der Waals surface area contributed by atoms with Crippen molar-refractivity contribution in [2.75, 3.05) is 31.6 Å². The van der Waals surface area contributed by atoms with Crippen LogP contribution in [0.3, 0.4) is 0 Å². The quantitative estimate of drug-likeness (QED) is 0.270. The molecule has 9 nitrogen and oxygen atoms in total. The molecule has 14 heteroatoms. The van der Waals surface area contributed by atoms with Crippen molar-refractivity contribution in [2.45, 2.75) is 61.8 Å². The molecule has 4 aromatic rings. The van der Waals surface area contributed by atoms with Gasteiger partial charge in [-0.3, -0.25) is 4.79 Å². The van der Waals surface area contributed by atoms with Crippen molar-refractivity contribution in [1.82, 2.24) is 25.0 Å². The molecule has 3 fully saturated rings. The summed E-state index contributed by atoms with van der Waals surface area (Å²) in [5, 5.41) is 7.34. The molecule has 2 N–H and O–H groups in total. The zero-order chi connectivity index (χ0) is 30.0. The second-order valence-corrected chi connectivity index (χ2v) is 11.9. The van der Waals surface area contributed by atoms with Crippen LogP contribution in [0.25, 0.3) is 22.1 Å². The number of anilines is 1. The van der Waals surface area contributed by atoms with Crippen LogP contribution in [0.5, 0.6) is 0 Å². The smallest absolute Gasteiger partial charge is 0.282 e. The molecule has 0 radical (unpaired) electrons. The van der Waals surface area contributed by atoms with Crippen molar-refractivity contribution in [3.05, 3.63) is 47.7 Å². The highest BCUT2D eigenvalue weighted by atomic mass is 19.3. The summed E-state index contributed by atoms with van der Waals surface area (Å²) in [6.45, 7) is -1.05. The van der Waals surface area contributed by atoms with E-state index in [0.29, 0.717) is 28.3 Å². The third-order valence-corrected chi connectivity index (χ3v) is 9.06. The molecule has 1 amide bonds. The Morgan fingerprint density at radius 3 is 2.49 bits per heavy atom. The second-order valence-electron chi connectivity index (χ2n) is 11.9. The SMILES string of the molecule is O=C(N1CC(F)(F)C1)C1(c2ccc3[nH]c([C@@H](Nc4noc5cccnc45)C4CCC(F)(F)CC4)nc3c2F)CCOCC1. The Hall–Kier alpha value is -3.81. The average molecular weight is 605 g/mol. The summed E-state index contributed by atoms with van der Waals surface area (Å²) in [6.07, 6.45) is 1.64. The monoisotopic (exact) mass is 604 g/mol. The van der Waals surface area contributed by atoms with Crippen molar-refractivity contribution in [3.63, 3.8) is 0 Å². The zero-order valence-electron chi connectivity index (χ0n) is 23.0. The minimum absolute atomic E-state index is 0.0313. The molecule has 3 aliphatic rings. The summed E-state index contributed by atoms with van der Waals surface area (Å²) in [6, 6.07) is 5.84. The number of nitrogens with one attached hydrogen (secondary N) is 2. The summed E-state index contributed by atoms with van der Waals surface area (Å²) in [5.41, 5.74) is -0.0894. The number of fused-ring (bicyclic) bond motifs is 2. The van der Waals surface area contributed by atoms with E-state index in [1.54, 1.807) is 24.4 Å². The Labute approximate surface area is 242 Å². The predicted molar refractivity (Wildman–Crippen MR) is 144 cm³/mol. The van der Waals surface area contributed by atoms with Crippen molar-refractivity contribution in [1.29, 1.82) is 0 Å². The number of hydrogen-bond acceptors (Lipinski definition) is 7. The molecule has 0 unspecified atom stereocenters. The number of pyridine rings is 1. The van der Waals surface area contributed by atoms with Crippen LogP contribution < -0.4 is 5.32 Å². The topological polar surface area (TPSA) is 109 Å². The zero-order valence-corrected chi connectivity index (χ0v) is 23.0. The Bertz CT molecular complexity index is 1670. The van der Waals surface area contributed by atoms with Crippen LogP contribution in [0.15, 0.2) is 35.0 Å². The number of amides is 1. The third kappa shape index (κ3) is 4.88. The Morgan fingerprint density at radius 2 is 1.77 bits per heavy atom. The van der Waals surface area contributed by atoms with Crippen molar-refractivity contribution >= 4 is 33.9 Å². The van der Waals surface area contributed by atoms with Gasteiger partial charge in [0.05, 0.1) is 30.1 Å². The number of carbonyl (C=O) groups is 1. The number of H-pyrrole nitrogens is 1. The molecule has 2 aliphatic heterocycles. The molecule has 0 spiro atoms. The minimum Gasteiger partial charge on any atom is -0.381 e. The number of benzene rings is 1. The normalized spacial score (nSPS) is 22.4. The van der Waals surface area contributed by atoms with Gasteiger partial charge in [-0.05, 0) is 49.8 Å². The minimum atomic E-state index is -2.96. The highest BCUT2D eigenvalue weighted by Crippen LogP contribution is 2.45. The summed E-state index contributed by atoms with van der Waals surface area (Å²) in [5.74, 6) is -6.69. The van der Waals surface area contributed by atoms with Gasteiger partial charge in [0.15, 0.2) is 22.7 Å². The molecular weight excluding hydrogens is 575 g/mol. The van der Waals surface area contributed by atoms with Crippen molar-refractivity contribution in [2.24, 2.45) is 5.92 Å². The predicted octanol–water partition coefficient (Wildman–Crippen LogP) is 5.74. The lowest BCUT2D eigenvalue weighted by atomic mass is 9.72. The van der Waals surface area contributed by atoms with E-state index in [9.17, 15) is 22.4 Å². The van der Waals surface area contributed by atoms with Crippen LogP contribution in [-0.4, -0.2) is 69.1 Å². The maximum Gasteiger partial charge on any atom is 0.282 e. The molecule has 3 aromatic heterocycles. The third-order valence-electron chi connectivity index (χ3n) is 9.06. The van der Waals surface area contributed by atoms with Gasteiger partial charge in [-0.1, -0.05) is 11.2 Å². The number of aromatic nitrogens is 4. The van der Waals surface area contributed by atoms with E-state index in [1.165, 1.54) is 6.07 Å². The Balaban J connectivity index is 1.27. The van der Waals surface area contributed by atoms with Crippen LogP contribution in [0.1, 0.15) is 56.0 Å². The first kappa shape index (κ1) is 28.0. The number of carbonyl (C=O) groups excluding carboxylic acids is 1. The van der Waals surface area contributed by atoms with E-state index in [2.05, 4.69) is 25.4 Å². The Kier molecular flexibility index (Phi) is 6.60. The number of halogens is 5. The first-order valence-electron chi connectivity index (χ1n) is 14.3. The summed E-state index contributed by atoms with van der Waals surface area (Å²) >= 11 is 0. The number of alkyl halides is 4. The van der Waals surface area contributed by atoms with Crippen molar-refractivity contribution < 1.29 is 36.0 Å². The Morgan fingerprint density at radius 1 is 1.02 bits per heavy atom. The number of rotatable bonds is 6. The van der Waals surface area contributed by atoms with E-state index < -0.39 is 48.1 Å². The van der Waals surface area contributed by atoms with Gasteiger partial charge in [0.2, 0.25) is 11.8 Å². The lowest BCUT2D eigenvalue weighted by molar-refractivity contribution is -0.174. The number of nitrogens with zero attached hydrogens (tertiary/aromatic N) is 4. The lowest BCUT2D eigenvalue weighted by Crippen LogP contribution is -2.63.